The maximum Gasteiger partial charge on any atom is 0.101 e. The Morgan fingerprint density at radius 3 is 3.06 bits per heavy atom. The Bertz CT molecular complexity index is 420. The Morgan fingerprint density at radius 2 is 2.35 bits per heavy atom. The summed E-state index contributed by atoms with van der Waals surface area (Å²) in [5, 5.41) is 12.2. The van der Waals surface area contributed by atoms with E-state index in [2.05, 4.69) is 11.4 Å². The molecule has 0 spiro atoms. The van der Waals surface area contributed by atoms with Crippen LogP contribution in [0.4, 0.5) is 5.69 Å². The van der Waals surface area contributed by atoms with E-state index in [-0.39, 0.29) is 6.10 Å². The molecule has 1 atom stereocenters. The molecule has 1 fully saturated rings. The molecule has 17 heavy (non-hydrogen) atoms. The summed E-state index contributed by atoms with van der Waals surface area (Å²) in [6.45, 7) is 4.60. The molecule has 0 bridgehead atoms. The molecule has 1 heterocycles. The number of ether oxygens (including phenoxy) is 2. The molecule has 0 radical (unpaired) electrons. The Balaban J connectivity index is 1.98. The maximum absolute atomic E-state index is 9.00. The molecular formula is C13H16N2O2. The van der Waals surface area contributed by atoms with E-state index in [1.54, 1.807) is 0 Å². The van der Waals surface area contributed by atoms with Gasteiger partial charge in [0.2, 0.25) is 0 Å². The zero-order chi connectivity index (χ0) is 12.1. The normalized spacial score (nSPS) is 19.6. The fraction of sp³-hybridized carbons (Fsp3) is 0.462. The summed E-state index contributed by atoms with van der Waals surface area (Å²) in [5.74, 6) is 0. The predicted molar refractivity (Wildman–Crippen MR) is 64.9 cm³/mol. The first kappa shape index (κ1) is 11.9. The quantitative estimate of drug-likeness (QED) is 0.861. The van der Waals surface area contributed by atoms with Crippen LogP contribution in [-0.2, 0) is 9.47 Å². The summed E-state index contributed by atoms with van der Waals surface area (Å²) in [6.07, 6.45) is 0.0656. The first-order valence-electron chi connectivity index (χ1n) is 5.73. The summed E-state index contributed by atoms with van der Waals surface area (Å²) >= 11 is 0. The number of anilines is 1. The fourth-order valence-electron chi connectivity index (χ4n) is 1.78. The number of nitrogens with zero attached hydrogens (tertiary/aromatic N) is 1. The van der Waals surface area contributed by atoms with Gasteiger partial charge in [-0.3, -0.25) is 0 Å². The van der Waals surface area contributed by atoms with Crippen molar-refractivity contribution in [2.45, 2.75) is 13.0 Å². The van der Waals surface area contributed by atoms with Gasteiger partial charge in [-0.2, -0.15) is 5.26 Å². The van der Waals surface area contributed by atoms with Gasteiger partial charge in [-0.15, -0.1) is 0 Å². The van der Waals surface area contributed by atoms with E-state index >= 15 is 0 Å². The number of aryl methyl sites for hydroxylation is 1. The topological polar surface area (TPSA) is 54.3 Å². The molecule has 1 N–H and O–H groups in total. The monoisotopic (exact) mass is 232 g/mol. The molecular weight excluding hydrogens is 216 g/mol. The highest BCUT2D eigenvalue weighted by Crippen LogP contribution is 2.17. The lowest BCUT2D eigenvalue weighted by molar-refractivity contribution is -0.0818. The molecule has 1 aliphatic rings. The zero-order valence-electron chi connectivity index (χ0n) is 9.90. The average molecular weight is 232 g/mol. The van der Waals surface area contributed by atoms with Gasteiger partial charge in [-0.25, -0.2) is 0 Å². The van der Waals surface area contributed by atoms with Gasteiger partial charge in [0.15, 0.2) is 0 Å². The number of nitriles is 1. The van der Waals surface area contributed by atoms with E-state index < -0.39 is 0 Å². The fourth-order valence-corrected chi connectivity index (χ4v) is 1.78. The summed E-state index contributed by atoms with van der Waals surface area (Å²) in [4.78, 5) is 0. The van der Waals surface area contributed by atoms with Crippen LogP contribution in [-0.4, -0.2) is 32.5 Å². The Morgan fingerprint density at radius 1 is 1.47 bits per heavy atom. The SMILES string of the molecule is Cc1ccc(C#N)c(NCC2COCCO2)c1. The van der Waals surface area contributed by atoms with Crippen LogP contribution in [0.25, 0.3) is 0 Å². The van der Waals surface area contributed by atoms with Crippen LogP contribution < -0.4 is 5.32 Å². The van der Waals surface area contributed by atoms with Crippen LogP contribution in [0.2, 0.25) is 0 Å². The summed E-state index contributed by atoms with van der Waals surface area (Å²) in [5.41, 5.74) is 2.65. The first-order valence-corrected chi connectivity index (χ1v) is 5.73. The third-order valence-electron chi connectivity index (χ3n) is 2.70. The Labute approximate surface area is 101 Å². The van der Waals surface area contributed by atoms with Crippen molar-refractivity contribution in [3.05, 3.63) is 29.3 Å². The number of rotatable bonds is 3. The van der Waals surface area contributed by atoms with Gasteiger partial charge >= 0.3 is 0 Å². The standard InChI is InChI=1S/C13H16N2O2/c1-10-2-3-11(7-14)13(6-10)15-8-12-9-16-4-5-17-12/h2-3,6,12,15H,4-5,8-9H2,1H3. The lowest BCUT2D eigenvalue weighted by atomic mass is 10.1. The third-order valence-corrected chi connectivity index (χ3v) is 2.70. The van der Waals surface area contributed by atoms with Crippen molar-refractivity contribution in [1.29, 1.82) is 5.26 Å². The van der Waals surface area contributed by atoms with Gasteiger partial charge < -0.3 is 14.8 Å². The number of benzene rings is 1. The number of hydrogen-bond donors (Lipinski definition) is 1. The van der Waals surface area contributed by atoms with Gasteiger partial charge in [-0.05, 0) is 24.6 Å². The van der Waals surface area contributed by atoms with Gasteiger partial charge in [0.05, 0.1) is 37.2 Å². The van der Waals surface area contributed by atoms with Crippen LogP contribution in [0.15, 0.2) is 18.2 Å². The summed E-state index contributed by atoms with van der Waals surface area (Å²) in [7, 11) is 0. The van der Waals surface area contributed by atoms with Crippen molar-refractivity contribution in [3.63, 3.8) is 0 Å². The molecule has 0 saturated carbocycles. The van der Waals surface area contributed by atoms with Crippen molar-refractivity contribution in [2.24, 2.45) is 0 Å². The molecule has 1 aliphatic heterocycles. The Hall–Kier alpha value is -1.57. The smallest absolute Gasteiger partial charge is 0.101 e. The second-order valence-corrected chi connectivity index (χ2v) is 4.11. The highest BCUT2D eigenvalue weighted by molar-refractivity contribution is 5.58. The molecule has 0 amide bonds. The molecule has 1 aromatic rings. The summed E-state index contributed by atoms with van der Waals surface area (Å²) < 4.78 is 10.9. The lowest BCUT2D eigenvalue weighted by Gasteiger charge is -2.23. The minimum Gasteiger partial charge on any atom is -0.381 e. The lowest BCUT2D eigenvalue weighted by Crippen LogP contribution is -2.34. The van der Waals surface area contributed by atoms with E-state index in [0.29, 0.717) is 31.9 Å². The zero-order valence-corrected chi connectivity index (χ0v) is 9.90. The largest absolute Gasteiger partial charge is 0.381 e. The number of nitrogens with one attached hydrogen (secondary N) is 1. The second-order valence-electron chi connectivity index (χ2n) is 4.11. The first-order chi connectivity index (χ1) is 8.29. The average Bonchev–Trinajstić information content (AvgIpc) is 2.38. The molecule has 4 nitrogen and oxygen atoms in total. The van der Waals surface area contributed by atoms with Crippen LogP contribution in [0.1, 0.15) is 11.1 Å². The number of hydrogen-bond acceptors (Lipinski definition) is 4. The van der Waals surface area contributed by atoms with Crippen molar-refractivity contribution in [3.8, 4) is 6.07 Å². The van der Waals surface area contributed by atoms with Crippen molar-refractivity contribution >= 4 is 5.69 Å². The minimum atomic E-state index is 0.0656. The molecule has 0 aliphatic carbocycles. The van der Waals surface area contributed by atoms with Crippen LogP contribution >= 0.6 is 0 Å². The summed E-state index contributed by atoms with van der Waals surface area (Å²) in [6, 6.07) is 7.91. The molecule has 4 heteroatoms. The molecule has 0 aromatic heterocycles. The predicted octanol–water partition coefficient (Wildman–Crippen LogP) is 1.69. The van der Waals surface area contributed by atoms with Gasteiger partial charge in [0, 0.05) is 6.54 Å². The third kappa shape index (κ3) is 3.19. The highest BCUT2D eigenvalue weighted by Gasteiger charge is 2.14. The van der Waals surface area contributed by atoms with Crippen molar-refractivity contribution < 1.29 is 9.47 Å². The van der Waals surface area contributed by atoms with E-state index in [0.717, 1.165) is 11.3 Å². The van der Waals surface area contributed by atoms with Crippen LogP contribution in [0.3, 0.4) is 0 Å². The van der Waals surface area contributed by atoms with Gasteiger partial charge in [0.1, 0.15) is 6.07 Å². The molecule has 2 rings (SSSR count). The van der Waals surface area contributed by atoms with E-state index in [1.165, 1.54) is 0 Å². The van der Waals surface area contributed by atoms with Crippen LogP contribution in [0, 0.1) is 18.3 Å². The molecule has 1 saturated heterocycles. The molecule has 90 valence electrons. The highest BCUT2D eigenvalue weighted by atomic mass is 16.6. The van der Waals surface area contributed by atoms with E-state index in [4.69, 9.17) is 14.7 Å². The second kappa shape index (κ2) is 5.67. The van der Waals surface area contributed by atoms with E-state index in [1.807, 2.05) is 25.1 Å². The van der Waals surface area contributed by atoms with Gasteiger partial charge in [0.25, 0.3) is 0 Å². The van der Waals surface area contributed by atoms with Crippen molar-refractivity contribution in [2.75, 3.05) is 31.7 Å². The van der Waals surface area contributed by atoms with Gasteiger partial charge in [-0.1, -0.05) is 6.07 Å². The molecule has 1 unspecified atom stereocenters. The maximum atomic E-state index is 9.00. The van der Waals surface area contributed by atoms with Crippen molar-refractivity contribution in [1.82, 2.24) is 0 Å². The van der Waals surface area contributed by atoms with Crippen LogP contribution in [0.5, 0.6) is 0 Å². The Kier molecular flexibility index (Phi) is 3.97. The molecule has 1 aromatic carbocycles. The minimum absolute atomic E-state index is 0.0656. The van der Waals surface area contributed by atoms with E-state index in [9.17, 15) is 0 Å².